The average molecular weight is 472 g/mol. The van der Waals surface area contributed by atoms with Gasteiger partial charge in [-0.1, -0.05) is 48.5 Å². The van der Waals surface area contributed by atoms with E-state index < -0.39 is 0 Å². The molecule has 5 rings (SSSR count). The first kappa shape index (κ1) is 22.1. The summed E-state index contributed by atoms with van der Waals surface area (Å²) in [6, 6.07) is 21.6. The van der Waals surface area contributed by atoms with Gasteiger partial charge in [-0.15, -0.1) is 11.3 Å². The molecule has 172 valence electrons. The number of nitrogens with one attached hydrogen (secondary N) is 1. The molecule has 3 heterocycles. The molecule has 1 saturated heterocycles. The Hall–Kier alpha value is -3.68. The summed E-state index contributed by atoms with van der Waals surface area (Å²) >= 11 is 1.55. The molecule has 1 N–H and O–H groups in total. The van der Waals surface area contributed by atoms with Gasteiger partial charge in [0.2, 0.25) is 11.7 Å². The number of nitrogens with zero attached hydrogens (tertiary/aromatic N) is 2. The minimum Gasteiger partial charge on any atom is -0.449 e. The Morgan fingerprint density at radius 1 is 0.941 bits per heavy atom. The summed E-state index contributed by atoms with van der Waals surface area (Å²) in [4.78, 5) is 31.2. The van der Waals surface area contributed by atoms with Crippen molar-refractivity contribution in [3.05, 3.63) is 94.4 Å². The fourth-order valence-electron chi connectivity index (χ4n) is 4.12. The molecule has 1 aliphatic heterocycles. The van der Waals surface area contributed by atoms with E-state index in [4.69, 9.17) is 4.42 Å². The van der Waals surface area contributed by atoms with Crippen molar-refractivity contribution in [1.29, 1.82) is 0 Å². The maximum absolute atomic E-state index is 13.4. The van der Waals surface area contributed by atoms with E-state index in [9.17, 15) is 9.59 Å². The van der Waals surface area contributed by atoms with Crippen molar-refractivity contribution in [2.45, 2.75) is 6.54 Å². The van der Waals surface area contributed by atoms with Gasteiger partial charge in [-0.05, 0) is 35.2 Å². The first-order valence-electron chi connectivity index (χ1n) is 11.3. The Kier molecular flexibility index (Phi) is 6.56. The quantitative estimate of drug-likeness (QED) is 0.397. The summed E-state index contributed by atoms with van der Waals surface area (Å²) in [5.41, 5.74) is 2.26. The molecule has 6 nitrogen and oxygen atoms in total. The molecule has 2 aromatic heterocycles. The van der Waals surface area contributed by atoms with Gasteiger partial charge in [0.15, 0.2) is 0 Å². The van der Waals surface area contributed by atoms with Crippen LogP contribution in [0.4, 0.5) is 5.69 Å². The summed E-state index contributed by atoms with van der Waals surface area (Å²) in [5.74, 6) is -0.328. The van der Waals surface area contributed by atoms with Crippen LogP contribution >= 0.6 is 11.3 Å². The molecule has 4 aromatic rings. The molecule has 0 spiro atoms. The first-order valence-corrected chi connectivity index (χ1v) is 12.1. The third-order valence-corrected chi connectivity index (χ3v) is 6.73. The summed E-state index contributed by atoms with van der Waals surface area (Å²) < 4.78 is 5.95. The van der Waals surface area contributed by atoms with Crippen LogP contribution in [0.25, 0.3) is 17.0 Å². The highest BCUT2D eigenvalue weighted by Gasteiger charge is 2.28. The Morgan fingerprint density at radius 3 is 2.47 bits per heavy atom. The lowest BCUT2D eigenvalue weighted by Gasteiger charge is -2.34. The van der Waals surface area contributed by atoms with E-state index >= 15 is 0 Å². The standard InChI is InChI=1S/C27H25N3O3S/c31-24(13-12-21-9-6-18-34-21)28-25-22-10-4-5-11-23(22)33-26(25)27(32)30-16-14-29(15-17-30)19-20-7-2-1-3-8-20/h1-13,18H,14-17,19H2,(H,28,31)/b13-12+. The average Bonchev–Trinajstić information content (AvgIpc) is 3.52. The van der Waals surface area contributed by atoms with E-state index in [0.717, 1.165) is 24.5 Å². The molecule has 0 aliphatic carbocycles. The third kappa shape index (κ3) is 4.95. The fraction of sp³-hybridized carbons (Fsp3) is 0.185. The van der Waals surface area contributed by atoms with Crippen molar-refractivity contribution in [2.24, 2.45) is 0 Å². The van der Waals surface area contributed by atoms with Crippen LogP contribution < -0.4 is 5.32 Å². The van der Waals surface area contributed by atoms with E-state index in [1.807, 2.05) is 53.9 Å². The highest BCUT2D eigenvalue weighted by Crippen LogP contribution is 2.32. The van der Waals surface area contributed by atoms with Crippen molar-refractivity contribution < 1.29 is 14.0 Å². The summed E-state index contributed by atoms with van der Waals surface area (Å²) in [6.07, 6.45) is 3.24. The number of piperazine rings is 1. The van der Waals surface area contributed by atoms with Crippen LogP contribution in [0.5, 0.6) is 0 Å². The Labute approximate surface area is 202 Å². The molecule has 0 saturated carbocycles. The molecule has 7 heteroatoms. The molecule has 34 heavy (non-hydrogen) atoms. The van der Waals surface area contributed by atoms with Gasteiger partial charge in [0.25, 0.3) is 5.91 Å². The number of hydrogen-bond acceptors (Lipinski definition) is 5. The van der Waals surface area contributed by atoms with Gasteiger partial charge >= 0.3 is 0 Å². The number of benzene rings is 2. The molecular weight excluding hydrogens is 446 g/mol. The molecule has 0 bridgehead atoms. The van der Waals surface area contributed by atoms with Gasteiger partial charge in [0, 0.05) is 49.1 Å². The maximum atomic E-state index is 13.4. The topological polar surface area (TPSA) is 65.8 Å². The van der Waals surface area contributed by atoms with Crippen molar-refractivity contribution in [2.75, 3.05) is 31.5 Å². The van der Waals surface area contributed by atoms with E-state index in [2.05, 4.69) is 22.3 Å². The summed E-state index contributed by atoms with van der Waals surface area (Å²) in [6.45, 7) is 3.65. The molecule has 1 fully saturated rings. The largest absolute Gasteiger partial charge is 0.449 e. The molecule has 2 amide bonds. The van der Waals surface area contributed by atoms with E-state index in [1.54, 1.807) is 28.4 Å². The molecular formula is C27H25N3O3S. The molecule has 0 atom stereocenters. The second-order valence-corrected chi connectivity index (χ2v) is 9.17. The normalized spacial score (nSPS) is 14.6. The number of para-hydroxylation sites is 1. The molecule has 1 aliphatic rings. The van der Waals surface area contributed by atoms with E-state index in [1.165, 1.54) is 11.6 Å². The van der Waals surface area contributed by atoms with Crippen LogP contribution in [0, 0.1) is 0 Å². The number of thiophene rings is 1. The minimum atomic E-state index is -0.304. The summed E-state index contributed by atoms with van der Waals surface area (Å²) in [5, 5.41) is 5.55. The van der Waals surface area contributed by atoms with Crippen LogP contribution in [0.2, 0.25) is 0 Å². The van der Waals surface area contributed by atoms with E-state index in [0.29, 0.717) is 29.7 Å². The number of carbonyl (C=O) groups is 2. The van der Waals surface area contributed by atoms with Gasteiger partial charge in [-0.25, -0.2) is 0 Å². The summed E-state index contributed by atoms with van der Waals surface area (Å²) in [7, 11) is 0. The zero-order valence-electron chi connectivity index (χ0n) is 18.6. The van der Waals surface area contributed by atoms with Gasteiger partial charge in [-0.2, -0.15) is 0 Å². The number of carbonyl (C=O) groups excluding carboxylic acids is 2. The first-order chi connectivity index (χ1) is 16.7. The second kappa shape index (κ2) is 10.1. The Balaban J connectivity index is 1.31. The molecule has 0 unspecified atom stereocenters. The zero-order valence-corrected chi connectivity index (χ0v) is 19.5. The third-order valence-electron chi connectivity index (χ3n) is 5.89. The maximum Gasteiger partial charge on any atom is 0.291 e. The van der Waals surface area contributed by atoms with Crippen molar-refractivity contribution in [1.82, 2.24) is 9.80 Å². The number of amides is 2. The molecule has 2 aromatic carbocycles. The number of rotatable bonds is 6. The monoisotopic (exact) mass is 471 g/mol. The van der Waals surface area contributed by atoms with Gasteiger partial charge in [0.05, 0.1) is 0 Å². The fourth-order valence-corrected chi connectivity index (χ4v) is 4.74. The van der Waals surface area contributed by atoms with Crippen LogP contribution in [0.15, 0.2) is 82.6 Å². The van der Waals surface area contributed by atoms with Crippen LogP contribution in [0.3, 0.4) is 0 Å². The lowest BCUT2D eigenvalue weighted by Crippen LogP contribution is -2.48. The van der Waals surface area contributed by atoms with Crippen molar-refractivity contribution in [3.8, 4) is 0 Å². The lowest BCUT2D eigenvalue weighted by atomic mass is 10.2. The SMILES string of the molecule is O=C(/C=C/c1cccs1)Nc1c(C(=O)N2CCN(Cc3ccccc3)CC2)oc2ccccc12. The van der Waals surface area contributed by atoms with Crippen LogP contribution in [0.1, 0.15) is 21.0 Å². The highest BCUT2D eigenvalue weighted by molar-refractivity contribution is 7.10. The van der Waals surface area contributed by atoms with Crippen molar-refractivity contribution in [3.63, 3.8) is 0 Å². The van der Waals surface area contributed by atoms with Gasteiger partial charge < -0.3 is 14.6 Å². The number of furan rings is 1. The Bertz CT molecular complexity index is 1300. The van der Waals surface area contributed by atoms with Gasteiger partial charge in [-0.3, -0.25) is 14.5 Å². The smallest absolute Gasteiger partial charge is 0.291 e. The lowest BCUT2D eigenvalue weighted by molar-refractivity contribution is -0.111. The predicted molar refractivity (Wildman–Crippen MR) is 136 cm³/mol. The number of hydrogen-bond donors (Lipinski definition) is 1. The molecule has 0 radical (unpaired) electrons. The van der Waals surface area contributed by atoms with Crippen molar-refractivity contribution >= 4 is 45.9 Å². The minimum absolute atomic E-state index is 0.176. The zero-order chi connectivity index (χ0) is 23.3. The van der Waals surface area contributed by atoms with Crippen LogP contribution in [-0.4, -0.2) is 47.8 Å². The Morgan fingerprint density at radius 2 is 1.71 bits per heavy atom. The number of fused-ring (bicyclic) bond motifs is 1. The van der Waals surface area contributed by atoms with Crippen LogP contribution in [-0.2, 0) is 11.3 Å². The van der Waals surface area contributed by atoms with Gasteiger partial charge in [0.1, 0.15) is 11.3 Å². The van der Waals surface area contributed by atoms with E-state index in [-0.39, 0.29) is 17.6 Å². The highest BCUT2D eigenvalue weighted by atomic mass is 32.1. The number of anilines is 1. The second-order valence-electron chi connectivity index (χ2n) is 8.19. The predicted octanol–water partition coefficient (Wildman–Crippen LogP) is 5.10.